The first kappa shape index (κ1) is 22.1. The largest absolute Gasteiger partial charge is 0.465 e. The lowest BCUT2D eigenvalue weighted by atomic mass is 10.1. The fraction of sp³-hybridized carbons (Fsp3) is 0.182. The number of carbonyl (C=O) groups excluding carboxylic acids is 3. The zero-order valence-electron chi connectivity index (χ0n) is 17.2. The van der Waals surface area contributed by atoms with Gasteiger partial charge in [-0.2, -0.15) is 0 Å². The third-order valence-corrected chi connectivity index (χ3v) is 5.45. The van der Waals surface area contributed by atoms with E-state index in [1.165, 1.54) is 44.2 Å². The van der Waals surface area contributed by atoms with Crippen molar-refractivity contribution < 1.29 is 23.9 Å². The molecule has 0 radical (unpaired) electrons. The number of carbonyl (C=O) groups is 3. The number of hydrogen-bond donors (Lipinski definition) is 1. The lowest BCUT2D eigenvalue weighted by Gasteiger charge is -2.10. The van der Waals surface area contributed by atoms with Gasteiger partial charge >= 0.3 is 11.9 Å². The summed E-state index contributed by atoms with van der Waals surface area (Å²) in [5, 5.41) is 3.38. The lowest BCUT2D eigenvalue weighted by molar-refractivity contribution is -0.113. The Morgan fingerprint density at radius 3 is 2.19 bits per heavy atom. The van der Waals surface area contributed by atoms with Gasteiger partial charge in [-0.25, -0.2) is 14.6 Å². The van der Waals surface area contributed by atoms with Crippen molar-refractivity contribution in [3.05, 3.63) is 65.9 Å². The molecule has 3 aromatic rings. The summed E-state index contributed by atoms with van der Waals surface area (Å²) >= 11 is 1.28. The highest BCUT2D eigenvalue weighted by molar-refractivity contribution is 7.99. The van der Waals surface area contributed by atoms with Gasteiger partial charge in [0.1, 0.15) is 0 Å². The fourth-order valence-electron chi connectivity index (χ4n) is 2.90. The maximum atomic E-state index is 12.5. The van der Waals surface area contributed by atoms with Gasteiger partial charge in [0.05, 0.1) is 43.0 Å². The van der Waals surface area contributed by atoms with Gasteiger partial charge < -0.3 is 19.4 Å². The zero-order valence-corrected chi connectivity index (χ0v) is 18.1. The minimum absolute atomic E-state index is 0.0924. The number of esters is 2. The third kappa shape index (κ3) is 5.32. The van der Waals surface area contributed by atoms with E-state index in [1.807, 2.05) is 41.9 Å². The molecule has 160 valence electrons. The van der Waals surface area contributed by atoms with Crippen molar-refractivity contribution in [3.63, 3.8) is 0 Å². The van der Waals surface area contributed by atoms with Crippen LogP contribution in [-0.4, -0.2) is 47.4 Å². The number of amides is 1. The predicted molar refractivity (Wildman–Crippen MR) is 117 cm³/mol. The molecule has 0 spiro atoms. The van der Waals surface area contributed by atoms with E-state index >= 15 is 0 Å². The fourth-order valence-corrected chi connectivity index (χ4v) is 3.65. The van der Waals surface area contributed by atoms with Crippen LogP contribution in [0.15, 0.2) is 59.9 Å². The highest BCUT2D eigenvalue weighted by Gasteiger charge is 2.16. The number of anilines is 1. The summed E-state index contributed by atoms with van der Waals surface area (Å²) in [5.74, 6) is -1.48. The van der Waals surface area contributed by atoms with Crippen molar-refractivity contribution in [3.8, 4) is 11.3 Å². The van der Waals surface area contributed by atoms with Gasteiger partial charge in [-0.3, -0.25) is 4.79 Å². The van der Waals surface area contributed by atoms with Crippen LogP contribution < -0.4 is 5.32 Å². The molecule has 0 saturated carbocycles. The molecule has 2 aromatic carbocycles. The number of aromatic nitrogens is 2. The average molecular weight is 439 g/mol. The number of imidazole rings is 1. The predicted octanol–water partition coefficient (Wildman–Crippen LogP) is 3.39. The van der Waals surface area contributed by atoms with Gasteiger partial charge in [0.25, 0.3) is 0 Å². The Hall–Kier alpha value is -3.59. The van der Waals surface area contributed by atoms with Crippen LogP contribution in [0.1, 0.15) is 20.7 Å². The van der Waals surface area contributed by atoms with Gasteiger partial charge in [0.2, 0.25) is 5.91 Å². The molecule has 1 heterocycles. The van der Waals surface area contributed by atoms with Crippen molar-refractivity contribution in [1.29, 1.82) is 0 Å². The minimum atomic E-state index is -0.628. The number of methoxy groups -OCH3 is 2. The molecular weight excluding hydrogens is 418 g/mol. The molecule has 0 aliphatic heterocycles. The summed E-state index contributed by atoms with van der Waals surface area (Å²) in [5.41, 5.74) is 2.52. The molecule has 1 amide bonds. The SMILES string of the molecule is COC(=O)c1cc(NC(=O)CSc2ncc(-c3ccccc3)n2C)cc(C(=O)OC)c1. The molecule has 0 unspecified atom stereocenters. The number of rotatable bonds is 7. The summed E-state index contributed by atoms with van der Waals surface area (Å²) in [4.78, 5) is 40.6. The normalized spacial score (nSPS) is 10.4. The van der Waals surface area contributed by atoms with Crippen LogP contribution in [0.5, 0.6) is 0 Å². The van der Waals surface area contributed by atoms with Gasteiger partial charge in [-0.1, -0.05) is 42.1 Å². The van der Waals surface area contributed by atoms with Crippen LogP contribution in [0, 0.1) is 0 Å². The van der Waals surface area contributed by atoms with Crippen LogP contribution in [0.4, 0.5) is 5.69 Å². The number of nitrogens with one attached hydrogen (secondary N) is 1. The molecule has 8 nitrogen and oxygen atoms in total. The number of nitrogens with zero attached hydrogens (tertiary/aromatic N) is 2. The van der Waals surface area contributed by atoms with E-state index in [1.54, 1.807) is 6.20 Å². The molecule has 1 N–H and O–H groups in total. The Bertz CT molecular complexity index is 1080. The van der Waals surface area contributed by atoms with Crippen LogP contribution in [0.2, 0.25) is 0 Å². The van der Waals surface area contributed by atoms with E-state index in [9.17, 15) is 14.4 Å². The van der Waals surface area contributed by atoms with Crippen LogP contribution in [0.25, 0.3) is 11.3 Å². The minimum Gasteiger partial charge on any atom is -0.465 e. The first-order valence-electron chi connectivity index (χ1n) is 9.24. The molecule has 0 saturated heterocycles. The van der Waals surface area contributed by atoms with E-state index in [0.717, 1.165) is 11.3 Å². The third-order valence-electron chi connectivity index (χ3n) is 4.41. The molecule has 3 rings (SSSR count). The van der Waals surface area contributed by atoms with Gasteiger partial charge in [0.15, 0.2) is 5.16 Å². The highest BCUT2D eigenvalue weighted by Crippen LogP contribution is 2.25. The summed E-state index contributed by atoms with van der Waals surface area (Å²) < 4.78 is 11.3. The van der Waals surface area contributed by atoms with E-state index in [4.69, 9.17) is 9.47 Å². The average Bonchev–Trinajstić information content (AvgIpc) is 3.17. The molecule has 1 aromatic heterocycles. The van der Waals surface area contributed by atoms with Crippen molar-refractivity contribution in [2.75, 3.05) is 25.3 Å². The Kier molecular flexibility index (Phi) is 7.09. The van der Waals surface area contributed by atoms with Gasteiger partial charge in [0, 0.05) is 12.7 Å². The lowest BCUT2D eigenvalue weighted by Crippen LogP contribution is -2.16. The monoisotopic (exact) mass is 439 g/mol. The Balaban J connectivity index is 1.71. The molecular formula is C22H21N3O5S. The quantitative estimate of drug-likeness (QED) is 0.445. The molecule has 0 aliphatic carbocycles. The second-order valence-electron chi connectivity index (χ2n) is 6.47. The Morgan fingerprint density at radius 1 is 1.00 bits per heavy atom. The van der Waals surface area contributed by atoms with Gasteiger partial charge in [-0.15, -0.1) is 0 Å². The second-order valence-corrected chi connectivity index (χ2v) is 7.41. The van der Waals surface area contributed by atoms with Crippen molar-refractivity contribution in [2.45, 2.75) is 5.16 Å². The molecule has 0 fully saturated rings. The van der Waals surface area contributed by atoms with Crippen LogP contribution >= 0.6 is 11.8 Å². The van der Waals surface area contributed by atoms with E-state index in [0.29, 0.717) is 10.8 Å². The second kappa shape index (κ2) is 9.94. The standard InChI is InChI=1S/C22H21N3O5S/c1-25-18(14-7-5-4-6-8-14)12-23-22(25)31-13-19(26)24-17-10-15(20(27)29-2)9-16(11-17)21(28)30-3/h4-12H,13H2,1-3H3,(H,24,26). The van der Waals surface area contributed by atoms with Crippen LogP contribution in [0.3, 0.4) is 0 Å². The maximum Gasteiger partial charge on any atom is 0.337 e. The maximum absolute atomic E-state index is 12.5. The van der Waals surface area contributed by atoms with Crippen LogP contribution in [-0.2, 0) is 21.3 Å². The first-order valence-corrected chi connectivity index (χ1v) is 10.2. The highest BCUT2D eigenvalue weighted by atomic mass is 32.2. The zero-order chi connectivity index (χ0) is 22.4. The van der Waals surface area contributed by atoms with Crippen molar-refractivity contribution in [2.24, 2.45) is 7.05 Å². The van der Waals surface area contributed by atoms with Crippen molar-refractivity contribution >= 4 is 35.3 Å². The topological polar surface area (TPSA) is 99.5 Å². The number of thioether (sulfide) groups is 1. The number of hydrogen-bond acceptors (Lipinski definition) is 7. The summed E-state index contributed by atoms with van der Waals surface area (Å²) in [6.07, 6.45) is 1.76. The summed E-state index contributed by atoms with van der Waals surface area (Å²) in [6.45, 7) is 0. The van der Waals surface area contributed by atoms with Crippen molar-refractivity contribution in [1.82, 2.24) is 9.55 Å². The summed E-state index contributed by atoms with van der Waals surface area (Å²) in [6, 6.07) is 14.1. The first-order chi connectivity index (χ1) is 14.9. The summed E-state index contributed by atoms with van der Waals surface area (Å²) in [7, 11) is 4.36. The van der Waals surface area contributed by atoms with Gasteiger partial charge in [-0.05, 0) is 23.8 Å². The Morgan fingerprint density at radius 2 is 1.61 bits per heavy atom. The molecule has 0 atom stereocenters. The smallest absolute Gasteiger partial charge is 0.337 e. The molecule has 0 aliphatic rings. The number of ether oxygens (including phenoxy) is 2. The molecule has 0 bridgehead atoms. The Labute approximate surface area is 183 Å². The molecule has 9 heteroatoms. The molecule has 31 heavy (non-hydrogen) atoms. The van der Waals surface area contributed by atoms with E-state index < -0.39 is 11.9 Å². The van der Waals surface area contributed by atoms with E-state index in [-0.39, 0.29) is 22.8 Å². The number of benzene rings is 2. The van der Waals surface area contributed by atoms with E-state index in [2.05, 4.69) is 10.3 Å².